The summed E-state index contributed by atoms with van der Waals surface area (Å²) in [6, 6.07) is 5.55. The first-order valence-corrected chi connectivity index (χ1v) is 5.92. The summed E-state index contributed by atoms with van der Waals surface area (Å²) < 4.78 is 10.4. The summed E-state index contributed by atoms with van der Waals surface area (Å²) in [5.74, 6) is 0.750. The smallest absolute Gasteiger partial charge is 0.223 e. The largest absolute Gasteiger partial charge is 0.501 e. The zero-order chi connectivity index (χ0) is 13.0. The maximum absolute atomic E-state index is 5.88. The molecule has 0 bridgehead atoms. The van der Waals surface area contributed by atoms with Gasteiger partial charge in [0.05, 0.1) is 31.2 Å². The Labute approximate surface area is 110 Å². The molecule has 5 heteroatoms. The topological polar surface area (TPSA) is 44.2 Å². The van der Waals surface area contributed by atoms with Crippen LogP contribution in [-0.2, 0) is 4.74 Å². The summed E-state index contributed by atoms with van der Waals surface area (Å²) in [6.07, 6.45) is 3.36. The van der Waals surface area contributed by atoms with Gasteiger partial charge in [-0.15, -0.1) is 0 Å². The number of benzene rings is 1. The van der Waals surface area contributed by atoms with E-state index in [0.717, 1.165) is 16.7 Å². The zero-order valence-corrected chi connectivity index (χ0v) is 10.9. The molecule has 0 fully saturated rings. The Balaban J connectivity index is 2.54. The second-order valence-corrected chi connectivity index (χ2v) is 3.86. The van der Waals surface area contributed by atoms with Gasteiger partial charge in [-0.1, -0.05) is 0 Å². The molecule has 2 aromatic rings. The molecule has 0 aliphatic carbocycles. The molecule has 18 heavy (non-hydrogen) atoms. The first-order valence-electron chi connectivity index (χ1n) is 5.54. The van der Waals surface area contributed by atoms with Crippen LogP contribution in [0.5, 0.6) is 5.75 Å². The van der Waals surface area contributed by atoms with Gasteiger partial charge >= 0.3 is 0 Å². The minimum Gasteiger partial charge on any atom is -0.501 e. The Bertz CT molecular complexity index is 584. The predicted molar refractivity (Wildman–Crippen MR) is 71.8 cm³/mol. The molecule has 0 saturated heterocycles. The highest BCUT2D eigenvalue weighted by atomic mass is 35.5. The van der Waals surface area contributed by atoms with Gasteiger partial charge in [-0.2, -0.15) is 0 Å². The standard InChI is InChI=1S/C13H13ClN2O2/c1-3-18-7-6-12-10-8-9(17-2)4-5-11(10)15-13(14)16-12/h4-8H,3H2,1-2H3. The maximum Gasteiger partial charge on any atom is 0.223 e. The van der Waals surface area contributed by atoms with Crippen molar-refractivity contribution in [2.24, 2.45) is 0 Å². The highest BCUT2D eigenvalue weighted by Crippen LogP contribution is 2.23. The average Bonchev–Trinajstić information content (AvgIpc) is 2.38. The lowest BCUT2D eigenvalue weighted by molar-refractivity contribution is 0.272. The van der Waals surface area contributed by atoms with E-state index in [-0.39, 0.29) is 5.28 Å². The number of hydrogen-bond donors (Lipinski definition) is 0. The molecule has 0 aliphatic rings. The van der Waals surface area contributed by atoms with Gasteiger partial charge in [0.15, 0.2) is 0 Å². The van der Waals surface area contributed by atoms with Gasteiger partial charge in [-0.3, -0.25) is 0 Å². The molecule has 0 N–H and O–H groups in total. The number of ether oxygens (including phenoxy) is 2. The van der Waals surface area contributed by atoms with E-state index >= 15 is 0 Å². The number of methoxy groups -OCH3 is 1. The average molecular weight is 265 g/mol. The number of fused-ring (bicyclic) bond motifs is 1. The van der Waals surface area contributed by atoms with Crippen molar-refractivity contribution in [3.05, 3.63) is 35.4 Å². The lowest BCUT2D eigenvalue weighted by Crippen LogP contribution is -1.92. The molecular weight excluding hydrogens is 252 g/mol. The number of halogens is 1. The zero-order valence-electron chi connectivity index (χ0n) is 10.2. The van der Waals surface area contributed by atoms with Crippen molar-refractivity contribution in [1.29, 1.82) is 0 Å². The maximum atomic E-state index is 5.88. The van der Waals surface area contributed by atoms with Gasteiger partial charge in [-0.05, 0) is 42.8 Å². The quantitative estimate of drug-likeness (QED) is 0.628. The van der Waals surface area contributed by atoms with Crippen LogP contribution >= 0.6 is 11.6 Å². The summed E-state index contributed by atoms with van der Waals surface area (Å²) in [5, 5.41) is 1.08. The molecule has 2 rings (SSSR count). The van der Waals surface area contributed by atoms with Crippen molar-refractivity contribution in [3.8, 4) is 5.75 Å². The van der Waals surface area contributed by atoms with Crippen molar-refractivity contribution in [1.82, 2.24) is 9.97 Å². The fourth-order valence-electron chi connectivity index (χ4n) is 1.56. The van der Waals surface area contributed by atoms with Crippen LogP contribution in [0.3, 0.4) is 0 Å². The minimum absolute atomic E-state index is 0.212. The number of rotatable bonds is 4. The van der Waals surface area contributed by atoms with Gasteiger partial charge in [-0.25, -0.2) is 9.97 Å². The number of nitrogens with zero attached hydrogens (tertiary/aromatic N) is 2. The van der Waals surface area contributed by atoms with Crippen LogP contribution in [0.1, 0.15) is 12.6 Å². The molecule has 0 radical (unpaired) electrons. The van der Waals surface area contributed by atoms with E-state index in [1.807, 2.05) is 25.1 Å². The van der Waals surface area contributed by atoms with Crippen LogP contribution in [0.2, 0.25) is 5.28 Å². The molecule has 0 saturated carbocycles. The van der Waals surface area contributed by atoms with Crippen molar-refractivity contribution in [2.75, 3.05) is 13.7 Å². The molecule has 1 aromatic carbocycles. The Hall–Kier alpha value is -1.81. The third-order valence-electron chi connectivity index (χ3n) is 2.39. The van der Waals surface area contributed by atoms with E-state index in [1.54, 1.807) is 19.4 Å². The van der Waals surface area contributed by atoms with E-state index in [9.17, 15) is 0 Å². The normalized spacial score (nSPS) is 11.1. The SMILES string of the molecule is CCOC=Cc1nc(Cl)nc2ccc(OC)cc12. The van der Waals surface area contributed by atoms with Gasteiger partial charge < -0.3 is 9.47 Å². The van der Waals surface area contributed by atoms with Crippen molar-refractivity contribution in [3.63, 3.8) is 0 Å². The van der Waals surface area contributed by atoms with Crippen molar-refractivity contribution < 1.29 is 9.47 Å². The molecule has 0 atom stereocenters. The lowest BCUT2D eigenvalue weighted by Gasteiger charge is -2.05. The van der Waals surface area contributed by atoms with Crippen LogP contribution < -0.4 is 4.74 Å². The fourth-order valence-corrected chi connectivity index (χ4v) is 1.75. The number of aromatic nitrogens is 2. The van der Waals surface area contributed by atoms with Gasteiger partial charge in [0, 0.05) is 5.39 Å². The molecule has 1 heterocycles. The first-order chi connectivity index (χ1) is 8.74. The highest BCUT2D eigenvalue weighted by Gasteiger charge is 2.05. The van der Waals surface area contributed by atoms with E-state index in [2.05, 4.69) is 9.97 Å². The molecule has 94 valence electrons. The Morgan fingerprint density at radius 2 is 2.17 bits per heavy atom. The van der Waals surface area contributed by atoms with Crippen molar-refractivity contribution >= 4 is 28.6 Å². The van der Waals surface area contributed by atoms with E-state index < -0.39 is 0 Å². The van der Waals surface area contributed by atoms with Crippen LogP contribution in [0.25, 0.3) is 17.0 Å². The van der Waals surface area contributed by atoms with Crippen LogP contribution in [0, 0.1) is 0 Å². The number of hydrogen-bond acceptors (Lipinski definition) is 4. The monoisotopic (exact) mass is 264 g/mol. The van der Waals surface area contributed by atoms with Gasteiger partial charge in [0.1, 0.15) is 5.75 Å². The predicted octanol–water partition coefficient (Wildman–Crippen LogP) is 3.30. The summed E-state index contributed by atoms with van der Waals surface area (Å²) >= 11 is 5.88. The summed E-state index contributed by atoms with van der Waals surface area (Å²) in [6.45, 7) is 2.52. The third kappa shape index (κ3) is 2.71. The molecule has 0 unspecified atom stereocenters. The fraction of sp³-hybridized carbons (Fsp3) is 0.231. The van der Waals surface area contributed by atoms with Crippen LogP contribution in [-0.4, -0.2) is 23.7 Å². The summed E-state index contributed by atoms with van der Waals surface area (Å²) in [5.41, 5.74) is 1.48. The minimum atomic E-state index is 0.212. The molecule has 4 nitrogen and oxygen atoms in total. The second-order valence-electron chi connectivity index (χ2n) is 3.52. The molecular formula is C13H13ClN2O2. The van der Waals surface area contributed by atoms with Crippen molar-refractivity contribution in [2.45, 2.75) is 6.92 Å². The lowest BCUT2D eigenvalue weighted by atomic mass is 10.2. The van der Waals surface area contributed by atoms with Gasteiger partial charge in [0.2, 0.25) is 5.28 Å². The second kappa shape index (κ2) is 5.69. The molecule has 0 spiro atoms. The third-order valence-corrected chi connectivity index (χ3v) is 2.56. The Morgan fingerprint density at radius 3 is 2.89 bits per heavy atom. The Kier molecular flexibility index (Phi) is 3.99. The van der Waals surface area contributed by atoms with Crippen LogP contribution in [0.4, 0.5) is 0 Å². The van der Waals surface area contributed by atoms with Crippen LogP contribution in [0.15, 0.2) is 24.5 Å². The molecule has 1 aromatic heterocycles. The highest BCUT2D eigenvalue weighted by molar-refractivity contribution is 6.28. The van der Waals surface area contributed by atoms with E-state index in [1.165, 1.54) is 0 Å². The summed E-state index contributed by atoms with van der Waals surface area (Å²) in [4.78, 5) is 8.34. The molecule has 0 aliphatic heterocycles. The summed E-state index contributed by atoms with van der Waals surface area (Å²) in [7, 11) is 1.62. The van der Waals surface area contributed by atoms with E-state index in [4.69, 9.17) is 21.1 Å². The van der Waals surface area contributed by atoms with E-state index in [0.29, 0.717) is 12.3 Å². The molecule has 0 amide bonds. The first kappa shape index (κ1) is 12.6. The Morgan fingerprint density at radius 1 is 1.33 bits per heavy atom. The van der Waals surface area contributed by atoms with Gasteiger partial charge in [0.25, 0.3) is 0 Å².